The summed E-state index contributed by atoms with van der Waals surface area (Å²) >= 11 is 6.20. The molecule has 1 saturated carbocycles. The van der Waals surface area contributed by atoms with E-state index in [9.17, 15) is 14.7 Å². The lowest BCUT2D eigenvalue weighted by Crippen LogP contribution is -2.27. The Morgan fingerprint density at radius 2 is 1.89 bits per heavy atom. The molecule has 2 aromatic carbocycles. The van der Waals surface area contributed by atoms with E-state index in [0.29, 0.717) is 33.1 Å². The summed E-state index contributed by atoms with van der Waals surface area (Å²) in [6, 6.07) is 12.2. The average molecular weight is 523 g/mol. The molecule has 3 aromatic rings. The van der Waals surface area contributed by atoms with Gasteiger partial charge in [-0.3, -0.25) is 14.6 Å². The zero-order valence-corrected chi connectivity index (χ0v) is 22.1. The number of aliphatic carboxylic acids is 1. The fourth-order valence-electron chi connectivity index (χ4n) is 5.45. The Bertz CT molecular complexity index is 1320. The highest BCUT2D eigenvalue weighted by Crippen LogP contribution is 2.40. The van der Waals surface area contributed by atoms with Crippen LogP contribution in [0.25, 0.3) is 11.1 Å². The molecule has 1 aliphatic carbocycles. The molecule has 0 spiro atoms. The molecule has 1 fully saturated rings. The van der Waals surface area contributed by atoms with Gasteiger partial charge in [0.05, 0.1) is 23.1 Å². The lowest BCUT2D eigenvalue weighted by molar-refractivity contribution is -0.137. The summed E-state index contributed by atoms with van der Waals surface area (Å²) in [5.74, 6) is -2.02. The SMILES string of the molecule is Cc1ncc(-c2ccc([C@@H](C(=O)Nc3cccc([C@H](C)CC(=O)O)c3C)C3CCCC3)cc2F)cc1Cl. The zero-order chi connectivity index (χ0) is 26.7. The molecule has 2 atom stereocenters. The second-order valence-electron chi connectivity index (χ2n) is 10.1. The van der Waals surface area contributed by atoms with E-state index in [1.807, 2.05) is 38.1 Å². The number of carbonyl (C=O) groups is 2. The average Bonchev–Trinajstić information content (AvgIpc) is 3.36. The topological polar surface area (TPSA) is 79.3 Å². The maximum atomic E-state index is 15.4. The predicted molar refractivity (Wildman–Crippen MR) is 145 cm³/mol. The van der Waals surface area contributed by atoms with Crippen molar-refractivity contribution < 1.29 is 19.1 Å². The molecule has 37 heavy (non-hydrogen) atoms. The van der Waals surface area contributed by atoms with Crippen LogP contribution in [-0.4, -0.2) is 22.0 Å². The van der Waals surface area contributed by atoms with Gasteiger partial charge in [-0.15, -0.1) is 0 Å². The molecule has 4 rings (SSSR count). The fourth-order valence-corrected chi connectivity index (χ4v) is 5.61. The van der Waals surface area contributed by atoms with Gasteiger partial charge >= 0.3 is 5.97 Å². The van der Waals surface area contributed by atoms with Crippen LogP contribution in [0.5, 0.6) is 0 Å². The number of hydrogen-bond donors (Lipinski definition) is 2. The molecule has 1 heterocycles. The zero-order valence-electron chi connectivity index (χ0n) is 21.4. The van der Waals surface area contributed by atoms with Crippen molar-refractivity contribution >= 4 is 29.2 Å². The second kappa shape index (κ2) is 11.4. The van der Waals surface area contributed by atoms with Crippen molar-refractivity contribution in [2.24, 2.45) is 5.92 Å². The molecular weight excluding hydrogens is 491 g/mol. The monoisotopic (exact) mass is 522 g/mol. The van der Waals surface area contributed by atoms with Crippen LogP contribution in [-0.2, 0) is 9.59 Å². The summed E-state index contributed by atoms with van der Waals surface area (Å²) in [6.45, 7) is 5.55. The van der Waals surface area contributed by atoms with Gasteiger partial charge in [0.25, 0.3) is 0 Å². The number of aryl methyl sites for hydroxylation is 1. The molecule has 1 aliphatic rings. The number of amides is 1. The van der Waals surface area contributed by atoms with E-state index >= 15 is 4.39 Å². The van der Waals surface area contributed by atoms with Gasteiger partial charge in [-0.1, -0.05) is 55.6 Å². The highest BCUT2D eigenvalue weighted by Gasteiger charge is 2.33. The third-order valence-corrected chi connectivity index (χ3v) is 7.87. The molecule has 1 amide bonds. The van der Waals surface area contributed by atoms with Crippen LogP contribution in [0.15, 0.2) is 48.7 Å². The molecule has 0 unspecified atom stereocenters. The Morgan fingerprint density at radius 3 is 2.54 bits per heavy atom. The van der Waals surface area contributed by atoms with Crippen LogP contribution in [0.2, 0.25) is 5.02 Å². The number of anilines is 1. The minimum Gasteiger partial charge on any atom is -0.481 e. The molecule has 0 aliphatic heterocycles. The second-order valence-corrected chi connectivity index (χ2v) is 10.5. The van der Waals surface area contributed by atoms with E-state index in [0.717, 1.165) is 36.8 Å². The number of rotatable bonds is 8. The Hall–Kier alpha value is -3.25. The minimum absolute atomic E-state index is 0.0102. The Kier molecular flexibility index (Phi) is 8.28. The highest BCUT2D eigenvalue weighted by molar-refractivity contribution is 6.31. The summed E-state index contributed by atoms with van der Waals surface area (Å²) in [6.07, 6.45) is 5.52. The molecule has 194 valence electrons. The van der Waals surface area contributed by atoms with E-state index in [-0.39, 0.29) is 24.2 Å². The van der Waals surface area contributed by atoms with Crippen LogP contribution in [0.4, 0.5) is 10.1 Å². The largest absolute Gasteiger partial charge is 0.481 e. The third kappa shape index (κ3) is 6.02. The molecule has 1 aromatic heterocycles. The lowest BCUT2D eigenvalue weighted by atomic mass is 9.83. The minimum atomic E-state index is -0.864. The van der Waals surface area contributed by atoms with E-state index in [1.165, 1.54) is 6.07 Å². The number of carbonyl (C=O) groups excluding carboxylic acids is 1. The molecule has 0 saturated heterocycles. The molecule has 0 bridgehead atoms. The molecule has 7 heteroatoms. The lowest BCUT2D eigenvalue weighted by Gasteiger charge is -2.25. The Morgan fingerprint density at radius 1 is 1.16 bits per heavy atom. The van der Waals surface area contributed by atoms with Crippen molar-refractivity contribution in [1.82, 2.24) is 4.98 Å². The summed E-state index contributed by atoms with van der Waals surface area (Å²) in [4.78, 5) is 29.2. The first-order valence-corrected chi connectivity index (χ1v) is 13.1. The first kappa shape index (κ1) is 26.8. The third-order valence-electron chi connectivity index (χ3n) is 7.49. The standard InChI is InChI=1S/C30H32ClFN2O3/c1-17(13-28(35)36)23-9-6-10-27(18(23)2)34-30(37)29(20-7-4-5-8-20)21-11-12-24(26(32)15-21)22-14-25(31)19(3)33-16-22/h6,9-12,14-17,20,29H,4-5,7-8,13H2,1-3H3,(H,34,37)(H,35,36)/t17-,29+/m1/s1. The van der Waals surface area contributed by atoms with Crippen molar-refractivity contribution in [3.8, 4) is 11.1 Å². The van der Waals surface area contributed by atoms with Crippen LogP contribution < -0.4 is 5.32 Å². The van der Waals surface area contributed by atoms with Crippen molar-refractivity contribution in [2.75, 3.05) is 5.32 Å². The van der Waals surface area contributed by atoms with E-state index in [2.05, 4.69) is 10.3 Å². The van der Waals surface area contributed by atoms with Crippen molar-refractivity contribution in [2.45, 2.75) is 64.7 Å². The van der Waals surface area contributed by atoms with Gasteiger partial charge in [-0.25, -0.2) is 4.39 Å². The molecule has 5 nitrogen and oxygen atoms in total. The fraction of sp³-hybridized carbons (Fsp3) is 0.367. The summed E-state index contributed by atoms with van der Waals surface area (Å²) in [5, 5.41) is 12.8. The van der Waals surface area contributed by atoms with Crippen LogP contribution in [0.3, 0.4) is 0 Å². The van der Waals surface area contributed by atoms with Gasteiger partial charge in [0, 0.05) is 23.0 Å². The highest BCUT2D eigenvalue weighted by atomic mass is 35.5. The normalized spacial score (nSPS) is 15.4. The van der Waals surface area contributed by atoms with Gasteiger partial charge in [0.1, 0.15) is 5.82 Å². The molecule has 0 radical (unpaired) electrons. The van der Waals surface area contributed by atoms with Crippen LogP contribution in [0, 0.1) is 25.6 Å². The number of carboxylic acids is 1. The van der Waals surface area contributed by atoms with Crippen molar-refractivity contribution in [3.63, 3.8) is 0 Å². The smallest absolute Gasteiger partial charge is 0.303 e. The number of nitrogens with one attached hydrogen (secondary N) is 1. The number of hydrogen-bond acceptors (Lipinski definition) is 3. The van der Waals surface area contributed by atoms with E-state index < -0.39 is 17.7 Å². The predicted octanol–water partition coefficient (Wildman–Crippen LogP) is 7.65. The van der Waals surface area contributed by atoms with Crippen molar-refractivity contribution in [1.29, 1.82) is 0 Å². The van der Waals surface area contributed by atoms with Gasteiger partial charge in [0.2, 0.25) is 5.91 Å². The number of pyridine rings is 1. The number of aromatic nitrogens is 1. The van der Waals surface area contributed by atoms with Crippen molar-refractivity contribution in [3.05, 3.63) is 81.9 Å². The van der Waals surface area contributed by atoms with Gasteiger partial charge in [-0.05, 0) is 73.4 Å². The van der Waals surface area contributed by atoms with E-state index in [4.69, 9.17) is 11.6 Å². The van der Waals surface area contributed by atoms with Gasteiger partial charge in [0.15, 0.2) is 0 Å². The Balaban J connectivity index is 1.64. The molecule has 2 N–H and O–H groups in total. The number of halogens is 2. The van der Waals surface area contributed by atoms with E-state index in [1.54, 1.807) is 25.3 Å². The summed E-state index contributed by atoms with van der Waals surface area (Å²) < 4.78 is 15.4. The van der Waals surface area contributed by atoms with Gasteiger partial charge in [-0.2, -0.15) is 0 Å². The first-order chi connectivity index (χ1) is 17.7. The maximum Gasteiger partial charge on any atom is 0.303 e. The number of carboxylic acid groups (broad SMARTS) is 1. The Labute approximate surface area is 222 Å². The van der Waals surface area contributed by atoms with Gasteiger partial charge < -0.3 is 10.4 Å². The maximum absolute atomic E-state index is 15.4. The quantitative estimate of drug-likeness (QED) is 0.318. The number of nitrogens with zero attached hydrogens (tertiary/aromatic N) is 1. The van der Waals surface area contributed by atoms with Crippen LogP contribution in [0.1, 0.15) is 73.2 Å². The first-order valence-electron chi connectivity index (χ1n) is 12.7. The number of benzene rings is 2. The van der Waals surface area contributed by atoms with Crippen LogP contribution >= 0.6 is 11.6 Å². The summed E-state index contributed by atoms with van der Waals surface area (Å²) in [7, 11) is 0. The summed E-state index contributed by atoms with van der Waals surface area (Å²) in [5.41, 5.74) is 4.68. The molecular formula is C30H32ClFN2O3.